The highest BCUT2D eigenvalue weighted by molar-refractivity contribution is 5.91. The average molecular weight is 495 g/mol. The van der Waals surface area contributed by atoms with Gasteiger partial charge in [-0.15, -0.1) is 0 Å². The van der Waals surface area contributed by atoms with Crippen molar-refractivity contribution in [2.75, 3.05) is 12.8 Å². The van der Waals surface area contributed by atoms with Gasteiger partial charge < -0.3 is 29.2 Å². The summed E-state index contributed by atoms with van der Waals surface area (Å²) in [6.07, 6.45) is 1.46. The number of rotatable bonds is 7. The predicted molar refractivity (Wildman–Crippen MR) is 140 cm³/mol. The SMILES string of the molecule is COc1ccc(OCc2cccc(Oc3ccc(-n4c5c(c6ncnc(N)c64)C(C)OC5)cc3)c2)cc1. The zero-order valence-electron chi connectivity index (χ0n) is 20.5. The number of aromatic nitrogens is 3. The van der Waals surface area contributed by atoms with E-state index in [1.54, 1.807) is 7.11 Å². The third-order valence-electron chi connectivity index (χ3n) is 6.48. The minimum atomic E-state index is -0.0448. The average Bonchev–Trinajstić information content (AvgIpc) is 3.47. The van der Waals surface area contributed by atoms with Crippen molar-refractivity contribution >= 4 is 16.9 Å². The Morgan fingerprint density at radius 2 is 1.70 bits per heavy atom. The molecule has 0 saturated heterocycles. The molecule has 0 saturated carbocycles. The first-order valence-electron chi connectivity index (χ1n) is 12.0. The number of nitrogen functional groups attached to an aromatic ring is 1. The molecule has 1 unspecified atom stereocenters. The molecule has 2 aromatic heterocycles. The van der Waals surface area contributed by atoms with Crippen molar-refractivity contribution in [3.63, 3.8) is 0 Å². The van der Waals surface area contributed by atoms with Crippen LogP contribution in [0.4, 0.5) is 5.82 Å². The fourth-order valence-electron chi connectivity index (χ4n) is 4.68. The number of anilines is 1. The highest BCUT2D eigenvalue weighted by Crippen LogP contribution is 2.40. The highest BCUT2D eigenvalue weighted by atomic mass is 16.5. The Morgan fingerprint density at radius 1 is 0.946 bits per heavy atom. The molecule has 5 aromatic rings. The Kier molecular flexibility index (Phi) is 5.86. The maximum absolute atomic E-state index is 6.27. The van der Waals surface area contributed by atoms with E-state index in [1.807, 2.05) is 79.7 Å². The number of methoxy groups -OCH3 is 1. The maximum atomic E-state index is 6.27. The normalized spacial score (nSPS) is 14.5. The molecule has 0 spiro atoms. The molecular formula is C29H26N4O4. The van der Waals surface area contributed by atoms with E-state index in [4.69, 9.17) is 24.7 Å². The molecule has 0 radical (unpaired) electrons. The molecular weight excluding hydrogens is 468 g/mol. The van der Waals surface area contributed by atoms with Crippen LogP contribution in [0.15, 0.2) is 79.1 Å². The summed E-state index contributed by atoms with van der Waals surface area (Å²) in [4.78, 5) is 8.72. The lowest BCUT2D eigenvalue weighted by atomic mass is 10.1. The zero-order valence-corrected chi connectivity index (χ0v) is 20.5. The molecule has 8 nitrogen and oxygen atoms in total. The van der Waals surface area contributed by atoms with Gasteiger partial charge in [-0.1, -0.05) is 12.1 Å². The van der Waals surface area contributed by atoms with Gasteiger partial charge in [-0.2, -0.15) is 0 Å². The summed E-state index contributed by atoms with van der Waals surface area (Å²) in [7, 11) is 1.64. The molecule has 1 atom stereocenters. The molecule has 0 fully saturated rings. The van der Waals surface area contributed by atoms with E-state index in [9.17, 15) is 0 Å². The maximum Gasteiger partial charge on any atom is 0.151 e. The number of nitrogens with two attached hydrogens (primary N) is 1. The van der Waals surface area contributed by atoms with Gasteiger partial charge >= 0.3 is 0 Å². The Bertz CT molecular complexity index is 1560. The zero-order chi connectivity index (χ0) is 25.4. The van der Waals surface area contributed by atoms with E-state index in [1.165, 1.54) is 6.33 Å². The van der Waals surface area contributed by atoms with Crippen LogP contribution in [0.1, 0.15) is 29.8 Å². The first kappa shape index (κ1) is 22.9. The largest absolute Gasteiger partial charge is 0.497 e. The molecule has 1 aliphatic heterocycles. The topological polar surface area (TPSA) is 93.7 Å². The Labute approximate surface area is 214 Å². The number of benzene rings is 3. The van der Waals surface area contributed by atoms with Gasteiger partial charge in [-0.05, 0) is 73.2 Å². The quantitative estimate of drug-likeness (QED) is 0.298. The minimum absolute atomic E-state index is 0.0448. The van der Waals surface area contributed by atoms with Crippen molar-refractivity contribution in [3.05, 3.63) is 95.9 Å². The van der Waals surface area contributed by atoms with E-state index in [0.29, 0.717) is 19.0 Å². The van der Waals surface area contributed by atoms with Crippen molar-refractivity contribution in [3.8, 4) is 28.7 Å². The van der Waals surface area contributed by atoms with E-state index in [-0.39, 0.29) is 6.10 Å². The second-order valence-corrected chi connectivity index (χ2v) is 8.81. The Hall–Kier alpha value is -4.56. The molecule has 8 heteroatoms. The smallest absolute Gasteiger partial charge is 0.151 e. The lowest BCUT2D eigenvalue weighted by Crippen LogP contribution is -2.03. The van der Waals surface area contributed by atoms with Crippen molar-refractivity contribution in [2.24, 2.45) is 0 Å². The van der Waals surface area contributed by atoms with Crippen molar-refractivity contribution in [1.82, 2.24) is 14.5 Å². The van der Waals surface area contributed by atoms with Crippen molar-refractivity contribution < 1.29 is 18.9 Å². The van der Waals surface area contributed by atoms with Gasteiger partial charge in [0.2, 0.25) is 0 Å². The van der Waals surface area contributed by atoms with Crippen LogP contribution in [-0.4, -0.2) is 21.6 Å². The fraction of sp³-hybridized carbons (Fsp3) is 0.172. The van der Waals surface area contributed by atoms with Crippen LogP contribution in [0, 0.1) is 0 Å². The van der Waals surface area contributed by atoms with Crippen LogP contribution in [0.3, 0.4) is 0 Å². The van der Waals surface area contributed by atoms with Crippen molar-refractivity contribution in [2.45, 2.75) is 26.2 Å². The molecule has 6 rings (SSSR count). The van der Waals surface area contributed by atoms with Gasteiger partial charge in [-0.3, -0.25) is 0 Å². The summed E-state index contributed by atoms with van der Waals surface area (Å²) in [5.41, 5.74) is 12.0. The van der Waals surface area contributed by atoms with Gasteiger partial charge in [0.15, 0.2) is 5.82 Å². The van der Waals surface area contributed by atoms with E-state index < -0.39 is 0 Å². The number of hydrogen-bond acceptors (Lipinski definition) is 7. The van der Waals surface area contributed by atoms with Crippen LogP contribution in [-0.2, 0) is 18.0 Å². The number of nitrogens with zero attached hydrogens (tertiary/aromatic N) is 3. The van der Waals surface area contributed by atoms with Crippen molar-refractivity contribution in [1.29, 1.82) is 0 Å². The number of hydrogen-bond donors (Lipinski definition) is 1. The second-order valence-electron chi connectivity index (χ2n) is 8.81. The highest BCUT2D eigenvalue weighted by Gasteiger charge is 2.30. The monoisotopic (exact) mass is 494 g/mol. The molecule has 2 N–H and O–H groups in total. The van der Waals surface area contributed by atoms with E-state index in [0.717, 1.165) is 56.5 Å². The first-order chi connectivity index (χ1) is 18.1. The van der Waals surface area contributed by atoms with Crippen LogP contribution < -0.4 is 19.9 Å². The summed E-state index contributed by atoms with van der Waals surface area (Å²) in [5.74, 6) is 3.47. The predicted octanol–water partition coefficient (Wildman–Crippen LogP) is 5.97. The number of fused-ring (bicyclic) bond motifs is 3. The van der Waals surface area contributed by atoms with Gasteiger partial charge in [0, 0.05) is 11.3 Å². The summed E-state index contributed by atoms with van der Waals surface area (Å²) in [6, 6.07) is 23.3. The second kappa shape index (κ2) is 9.48. The molecule has 0 aliphatic carbocycles. The van der Waals surface area contributed by atoms with E-state index in [2.05, 4.69) is 14.5 Å². The summed E-state index contributed by atoms with van der Waals surface area (Å²) < 4.78 is 25.2. The fourth-order valence-corrected chi connectivity index (χ4v) is 4.68. The van der Waals surface area contributed by atoms with Crippen LogP contribution in [0.2, 0.25) is 0 Å². The van der Waals surface area contributed by atoms with E-state index >= 15 is 0 Å². The van der Waals surface area contributed by atoms with Gasteiger partial charge in [0.1, 0.15) is 47.0 Å². The van der Waals surface area contributed by atoms with Gasteiger partial charge in [-0.25, -0.2) is 9.97 Å². The number of ether oxygens (including phenoxy) is 4. The molecule has 1 aliphatic rings. The van der Waals surface area contributed by atoms with Gasteiger partial charge in [0.25, 0.3) is 0 Å². The first-order valence-corrected chi connectivity index (χ1v) is 12.0. The molecule has 3 aromatic carbocycles. The molecule has 0 bridgehead atoms. The third kappa shape index (κ3) is 4.32. The van der Waals surface area contributed by atoms with Crippen LogP contribution in [0.25, 0.3) is 16.7 Å². The lowest BCUT2D eigenvalue weighted by molar-refractivity contribution is 0.0783. The Balaban J connectivity index is 1.21. The summed E-state index contributed by atoms with van der Waals surface area (Å²) in [5, 5.41) is 0. The molecule has 37 heavy (non-hydrogen) atoms. The standard InChI is InChI=1S/C29H26N4O4/c1-18-26-25(16-35-18)33(28-27(26)31-17-32-29(28)30)20-6-8-23(9-7-20)37-24-5-3-4-19(14-24)15-36-22-12-10-21(34-2)11-13-22/h3-14,17-18H,15-16H2,1-2H3,(H2,30,31,32). The van der Waals surface area contributed by atoms with Gasteiger partial charge in [0.05, 0.1) is 25.5 Å². The molecule has 3 heterocycles. The summed E-state index contributed by atoms with van der Waals surface area (Å²) >= 11 is 0. The molecule has 186 valence electrons. The minimum Gasteiger partial charge on any atom is -0.497 e. The lowest BCUT2D eigenvalue weighted by Gasteiger charge is -2.12. The van der Waals surface area contributed by atoms with Crippen LogP contribution in [0.5, 0.6) is 23.0 Å². The summed E-state index contributed by atoms with van der Waals surface area (Å²) in [6.45, 7) is 2.95. The molecule has 0 amide bonds. The Morgan fingerprint density at radius 3 is 2.49 bits per heavy atom. The van der Waals surface area contributed by atoms with Crippen LogP contribution >= 0.6 is 0 Å². The third-order valence-corrected chi connectivity index (χ3v) is 6.48.